The summed E-state index contributed by atoms with van der Waals surface area (Å²) in [5.41, 5.74) is 11.8. The highest BCUT2D eigenvalue weighted by atomic mass is 35.5. The predicted octanol–water partition coefficient (Wildman–Crippen LogP) is 3.43. The molecule has 0 bridgehead atoms. The van der Waals surface area contributed by atoms with Crippen molar-refractivity contribution >= 4 is 46.8 Å². The Morgan fingerprint density at radius 3 is 3.00 bits per heavy atom. The number of nitrogens with zero attached hydrogens (tertiary/aromatic N) is 2. The zero-order chi connectivity index (χ0) is 20.0. The van der Waals surface area contributed by atoms with E-state index in [1.54, 1.807) is 18.0 Å². The third-order valence-corrected chi connectivity index (χ3v) is 6.74. The van der Waals surface area contributed by atoms with Crippen molar-refractivity contribution in [2.75, 3.05) is 17.2 Å². The topological polar surface area (TPSA) is 87.0 Å². The van der Waals surface area contributed by atoms with Crippen molar-refractivity contribution in [3.63, 3.8) is 0 Å². The number of hydrogen-bond donors (Lipinski definition) is 3. The van der Waals surface area contributed by atoms with Crippen LogP contribution in [0.3, 0.4) is 0 Å². The first-order valence-corrected chi connectivity index (χ1v) is 10.8. The van der Waals surface area contributed by atoms with Crippen molar-refractivity contribution in [1.82, 2.24) is 15.3 Å². The maximum Gasteiger partial charge on any atom is 0.259 e. The number of fused-ring (bicyclic) bond motifs is 2. The second-order valence-electron chi connectivity index (χ2n) is 7.57. The van der Waals surface area contributed by atoms with Gasteiger partial charge >= 0.3 is 0 Å². The summed E-state index contributed by atoms with van der Waals surface area (Å²) >= 11 is 1.59. The van der Waals surface area contributed by atoms with Gasteiger partial charge in [-0.3, -0.25) is 4.79 Å². The van der Waals surface area contributed by atoms with E-state index in [2.05, 4.69) is 39.2 Å². The maximum atomic E-state index is 13.0. The molecule has 4 N–H and O–H groups in total. The fourth-order valence-corrected chi connectivity index (χ4v) is 5.16. The highest BCUT2D eigenvalue weighted by molar-refractivity contribution is 8.04. The molecule has 0 saturated carbocycles. The molecule has 1 aliphatic heterocycles. The van der Waals surface area contributed by atoms with Crippen LogP contribution in [0.15, 0.2) is 53.8 Å². The Hall–Kier alpha value is -2.48. The number of benzene rings is 1. The smallest absolute Gasteiger partial charge is 0.259 e. The lowest BCUT2D eigenvalue weighted by molar-refractivity contribution is -0.117. The molecule has 1 aliphatic carbocycles. The monoisotopic (exact) mass is 441 g/mol. The van der Waals surface area contributed by atoms with Crippen LogP contribution < -0.4 is 16.0 Å². The van der Waals surface area contributed by atoms with Gasteiger partial charge in [-0.2, -0.15) is 0 Å². The van der Waals surface area contributed by atoms with Gasteiger partial charge in [-0.05, 0) is 36.1 Å². The van der Waals surface area contributed by atoms with E-state index in [1.807, 2.05) is 30.6 Å². The van der Waals surface area contributed by atoms with E-state index in [1.165, 1.54) is 5.56 Å². The molecule has 3 aromatic rings. The van der Waals surface area contributed by atoms with Crippen LogP contribution in [0.4, 0.5) is 5.69 Å². The number of nitrogens with one attached hydrogen (secondary N) is 2. The Morgan fingerprint density at radius 2 is 2.17 bits per heavy atom. The number of hydrogen-bond acceptors (Lipinski definition) is 5. The Balaban J connectivity index is 0.00000218. The first-order valence-electron chi connectivity index (χ1n) is 9.80. The van der Waals surface area contributed by atoms with Crippen molar-refractivity contribution in [3.8, 4) is 0 Å². The van der Waals surface area contributed by atoms with Gasteiger partial charge in [-0.25, -0.2) is 4.98 Å². The minimum absolute atomic E-state index is 0. The van der Waals surface area contributed by atoms with E-state index < -0.39 is 0 Å². The minimum atomic E-state index is -0.164. The molecule has 3 heterocycles. The van der Waals surface area contributed by atoms with Gasteiger partial charge in [-0.15, -0.1) is 24.2 Å². The van der Waals surface area contributed by atoms with Gasteiger partial charge < -0.3 is 20.9 Å². The molecule has 0 spiro atoms. The summed E-state index contributed by atoms with van der Waals surface area (Å²) in [6.45, 7) is 2.92. The molecule has 8 heteroatoms. The van der Waals surface area contributed by atoms with E-state index >= 15 is 0 Å². The first-order chi connectivity index (χ1) is 14.1. The number of nitrogens with two attached hydrogens (primary N) is 1. The van der Waals surface area contributed by atoms with E-state index in [4.69, 9.17) is 5.73 Å². The average Bonchev–Trinajstić information content (AvgIpc) is 3.28. The van der Waals surface area contributed by atoms with Crippen molar-refractivity contribution < 1.29 is 4.79 Å². The van der Waals surface area contributed by atoms with Crippen LogP contribution >= 0.6 is 24.2 Å². The molecular weight excluding hydrogens is 418 g/mol. The van der Waals surface area contributed by atoms with Crippen molar-refractivity contribution in [2.45, 2.75) is 25.4 Å². The number of aryl methyl sites for hydroxylation is 1. The number of carbonyl (C=O) groups excluding carboxylic acids is 1. The van der Waals surface area contributed by atoms with Crippen molar-refractivity contribution in [1.29, 1.82) is 0 Å². The lowest BCUT2D eigenvalue weighted by atomic mass is 10.1. The van der Waals surface area contributed by atoms with Crippen LogP contribution in [-0.2, 0) is 11.2 Å². The number of amides is 1. The molecule has 2 aromatic heterocycles. The summed E-state index contributed by atoms with van der Waals surface area (Å²) in [6.07, 6.45) is 6.50. The van der Waals surface area contributed by atoms with E-state index in [9.17, 15) is 4.79 Å². The fraction of sp³-hybridized carbons (Fsp3) is 0.273. The zero-order valence-electron chi connectivity index (χ0n) is 16.6. The van der Waals surface area contributed by atoms with Crippen LogP contribution in [0.5, 0.6) is 0 Å². The van der Waals surface area contributed by atoms with E-state index in [-0.39, 0.29) is 30.4 Å². The van der Waals surface area contributed by atoms with Gasteiger partial charge in [0.05, 0.1) is 22.7 Å². The lowest BCUT2D eigenvalue weighted by Crippen LogP contribution is -2.42. The molecule has 0 unspecified atom stereocenters. The lowest BCUT2D eigenvalue weighted by Gasteiger charge is -2.27. The van der Waals surface area contributed by atoms with Crippen LogP contribution in [0, 0.1) is 6.92 Å². The second kappa shape index (κ2) is 8.34. The summed E-state index contributed by atoms with van der Waals surface area (Å²) < 4.78 is 0. The minimum Gasteiger partial charge on any atom is -0.347 e. The molecule has 1 aromatic carbocycles. The van der Waals surface area contributed by atoms with Crippen LogP contribution in [0.25, 0.3) is 11.0 Å². The molecule has 156 valence electrons. The maximum absolute atomic E-state index is 13.0. The van der Waals surface area contributed by atoms with Gasteiger partial charge in [-0.1, -0.05) is 24.3 Å². The Morgan fingerprint density at radius 1 is 1.33 bits per heavy atom. The number of carbonyl (C=O) groups is 1. The van der Waals surface area contributed by atoms with Crippen molar-refractivity contribution in [3.05, 3.63) is 70.5 Å². The summed E-state index contributed by atoms with van der Waals surface area (Å²) in [5, 5.41) is 4.26. The number of pyridine rings is 1. The number of thioether (sulfide) groups is 1. The number of aromatic nitrogens is 2. The largest absolute Gasteiger partial charge is 0.347 e. The van der Waals surface area contributed by atoms with Gasteiger partial charge in [0.25, 0.3) is 5.91 Å². The van der Waals surface area contributed by atoms with Gasteiger partial charge in [0, 0.05) is 36.3 Å². The van der Waals surface area contributed by atoms with Gasteiger partial charge in [0.1, 0.15) is 5.65 Å². The van der Waals surface area contributed by atoms with E-state index in [0.717, 1.165) is 51.5 Å². The number of aromatic amines is 1. The molecule has 0 radical (unpaired) electrons. The van der Waals surface area contributed by atoms with E-state index in [0.29, 0.717) is 0 Å². The highest BCUT2D eigenvalue weighted by Gasteiger charge is 2.31. The quantitative estimate of drug-likeness (QED) is 0.579. The molecule has 0 fully saturated rings. The Bertz CT molecular complexity index is 1130. The second-order valence-corrected chi connectivity index (χ2v) is 8.71. The molecule has 0 saturated heterocycles. The summed E-state index contributed by atoms with van der Waals surface area (Å²) in [4.78, 5) is 23.5. The SMILES string of the molecule is Cc1c[nH]c2nccc(N3C=C(C(=O)N[C@H]4Cc5ccccc5[C@H]4N)SCC3)c12.Cl. The van der Waals surface area contributed by atoms with Crippen LogP contribution in [0.2, 0.25) is 0 Å². The average molecular weight is 442 g/mol. The molecule has 2 atom stereocenters. The summed E-state index contributed by atoms with van der Waals surface area (Å²) in [6, 6.07) is 9.93. The fourth-order valence-electron chi connectivity index (χ4n) is 4.26. The third kappa shape index (κ3) is 3.57. The molecule has 6 nitrogen and oxygen atoms in total. The number of anilines is 1. The van der Waals surface area contributed by atoms with Crippen LogP contribution in [-0.4, -0.2) is 34.2 Å². The molecule has 5 rings (SSSR count). The summed E-state index contributed by atoms with van der Waals surface area (Å²) in [7, 11) is 0. The third-order valence-electron chi connectivity index (χ3n) is 5.75. The predicted molar refractivity (Wildman–Crippen MR) is 125 cm³/mol. The van der Waals surface area contributed by atoms with Crippen molar-refractivity contribution in [2.24, 2.45) is 5.73 Å². The van der Waals surface area contributed by atoms with Gasteiger partial charge in [0.2, 0.25) is 0 Å². The normalized spacial score (nSPS) is 20.5. The Kier molecular flexibility index (Phi) is 5.77. The molecule has 30 heavy (non-hydrogen) atoms. The first kappa shape index (κ1) is 20.8. The Labute approximate surface area is 185 Å². The highest BCUT2D eigenvalue weighted by Crippen LogP contribution is 2.33. The molecule has 1 amide bonds. The molecular formula is C22H24ClN5OS. The zero-order valence-corrected chi connectivity index (χ0v) is 18.2. The number of rotatable bonds is 3. The van der Waals surface area contributed by atoms with Gasteiger partial charge in [0.15, 0.2) is 0 Å². The number of H-pyrrole nitrogens is 1. The standard InChI is InChI=1S/C22H23N5OS.ClH/c1-13-11-25-21-19(13)17(6-7-24-21)27-8-9-29-18(12-27)22(28)26-16-10-14-4-2-3-5-15(14)20(16)23;/h2-7,11-12,16,20H,8-10,23H2,1H3,(H,24,25)(H,26,28);1H/t16-,20+;/m0./s1. The summed E-state index contributed by atoms with van der Waals surface area (Å²) in [5.74, 6) is 0.799. The van der Waals surface area contributed by atoms with Crippen LogP contribution in [0.1, 0.15) is 22.7 Å². The molecule has 2 aliphatic rings. The number of halogens is 1.